The van der Waals surface area contributed by atoms with Crippen LogP contribution in [-0.4, -0.2) is 67.0 Å². The van der Waals surface area contributed by atoms with E-state index in [-0.39, 0.29) is 6.61 Å². The summed E-state index contributed by atoms with van der Waals surface area (Å²) < 4.78 is 25.9. The summed E-state index contributed by atoms with van der Waals surface area (Å²) >= 11 is 0. The molecule has 0 aromatic carbocycles. The summed E-state index contributed by atoms with van der Waals surface area (Å²) in [6, 6.07) is -1.16. The van der Waals surface area contributed by atoms with Crippen LogP contribution >= 0.6 is 0 Å². The molecule has 1 rings (SSSR count). The lowest BCUT2D eigenvalue weighted by Crippen LogP contribution is -2.66. The van der Waals surface area contributed by atoms with E-state index >= 15 is 0 Å². The molecule has 0 aliphatic carbocycles. The minimum Gasteiger partial charge on any atom is -0.463 e. The Morgan fingerprint density at radius 2 is 1.30 bits per heavy atom. The Hall–Kier alpha value is -2.69. The van der Waals surface area contributed by atoms with Crippen LogP contribution in [0.15, 0.2) is 0 Å². The zero-order chi connectivity index (χ0) is 20.7. The maximum absolute atomic E-state index is 11.6. The van der Waals surface area contributed by atoms with Crippen molar-refractivity contribution in [3.05, 3.63) is 0 Å². The highest BCUT2D eigenvalue weighted by Gasteiger charge is 2.52. The number of ether oxygens (including phenoxy) is 5. The average Bonchev–Trinajstić information content (AvgIpc) is 2.49. The predicted octanol–water partition coefficient (Wildman–Crippen LogP) is -0.794. The Morgan fingerprint density at radius 3 is 1.74 bits per heavy atom. The summed E-state index contributed by atoms with van der Waals surface area (Å²) in [6.07, 6.45) is -4.97. The molecule has 1 aliphatic heterocycles. The topological polar surface area (TPSA) is 144 Å². The standard InChI is InChI=1S/C16H23NO10/c1-7(18)17-13-15(25-10(4)21)14(24-9(3)20)12(6-23-8(2)19)27-16(13)26-11(5)22/h12-16H,6H2,1-5H3,(H,17,18)/t12?,13?,14?,15-,16?/m1/s1. The molecular formula is C16H23NO10. The first-order valence-corrected chi connectivity index (χ1v) is 8.08. The Labute approximate surface area is 155 Å². The summed E-state index contributed by atoms with van der Waals surface area (Å²) in [6.45, 7) is 5.36. The molecule has 1 N–H and O–H groups in total. The van der Waals surface area contributed by atoms with Crippen LogP contribution in [0.25, 0.3) is 0 Å². The maximum Gasteiger partial charge on any atom is 0.305 e. The zero-order valence-electron chi connectivity index (χ0n) is 15.7. The molecule has 0 aromatic heterocycles. The van der Waals surface area contributed by atoms with Crippen molar-refractivity contribution in [2.75, 3.05) is 6.61 Å². The van der Waals surface area contributed by atoms with E-state index in [1.165, 1.54) is 6.92 Å². The number of nitrogens with one attached hydrogen (secondary N) is 1. The fourth-order valence-electron chi connectivity index (χ4n) is 2.55. The number of amides is 1. The van der Waals surface area contributed by atoms with E-state index in [1.54, 1.807) is 0 Å². The molecule has 1 heterocycles. The van der Waals surface area contributed by atoms with Gasteiger partial charge in [0, 0.05) is 34.6 Å². The highest BCUT2D eigenvalue weighted by Crippen LogP contribution is 2.28. The SMILES string of the molecule is CC(=O)NC1C(OC(C)=O)OC(COC(C)=O)C(OC(C)=O)[C@@H]1OC(C)=O. The van der Waals surface area contributed by atoms with E-state index in [1.807, 2.05) is 0 Å². The van der Waals surface area contributed by atoms with Gasteiger partial charge < -0.3 is 29.0 Å². The smallest absolute Gasteiger partial charge is 0.305 e. The lowest BCUT2D eigenvalue weighted by Gasteiger charge is -2.44. The van der Waals surface area contributed by atoms with E-state index in [2.05, 4.69) is 5.32 Å². The van der Waals surface area contributed by atoms with Crippen molar-refractivity contribution in [3.8, 4) is 0 Å². The minimum absolute atomic E-state index is 0.365. The van der Waals surface area contributed by atoms with Crippen LogP contribution < -0.4 is 5.32 Å². The Morgan fingerprint density at radius 1 is 0.778 bits per heavy atom. The first-order chi connectivity index (χ1) is 12.5. The Kier molecular flexibility index (Phi) is 8.16. The van der Waals surface area contributed by atoms with Crippen molar-refractivity contribution in [1.29, 1.82) is 0 Å². The van der Waals surface area contributed by atoms with Crippen molar-refractivity contribution >= 4 is 29.8 Å². The highest BCUT2D eigenvalue weighted by atomic mass is 16.7. The molecule has 0 saturated carbocycles. The first-order valence-electron chi connectivity index (χ1n) is 8.08. The summed E-state index contributed by atoms with van der Waals surface area (Å²) in [4.78, 5) is 57.2. The Bertz CT molecular complexity index is 604. The van der Waals surface area contributed by atoms with E-state index in [0.717, 1.165) is 27.7 Å². The fourth-order valence-corrected chi connectivity index (χ4v) is 2.55. The van der Waals surface area contributed by atoms with Gasteiger partial charge >= 0.3 is 23.9 Å². The second-order valence-electron chi connectivity index (χ2n) is 5.83. The third-order valence-electron chi connectivity index (χ3n) is 3.35. The molecule has 0 radical (unpaired) electrons. The number of rotatable bonds is 6. The summed E-state index contributed by atoms with van der Waals surface area (Å²) in [5.41, 5.74) is 0. The summed E-state index contributed by atoms with van der Waals surface area (Å²) in [5.74, 6) is -3.34. The first kappa shape index (κ1) is 22.4. The number of hydrogen-bond acceptors (Lipinski definition) is 10. The molecule has 27 heavy (non-hydrogen) atoms. The van der Waals surface area contributed by atoms with Crippen LogP contribution in [0.5, 0.6) is 0 Å². The van der Waals surface area contributed by atoms with Gasteiger partial charge in [0.2, 0.25) is 12.2 Å². The molecule has 0 aromatic rings. The lowest BCUT2D eigenvalue weighted by atomic mass is 9.96. The second kappa shape index (κ2) is 9.86. The monoisotopic (exact) mass is 389 g/mol. The number of carbonyl (C=O) groups is 5. The van der Waals surface area contributed by atoms with Crippen LogP contribution in [0.4, 0.5) is 0 Å². The van der Waals surface area contributed by atoms with Gasteiger partial charge in [0.25, 0.3) is 0 Å². The normalized spacial score (nSPS) is 27.1. The molecule has 5 atom stereocenters. The van der Waals surface area contributed by atoms with Gasteiger partial charge in [-0.2, -0.15) is 0 Å². The summed E-state index contributed by atoms with van der Waals surface area (Å²) in [7, 11) is 0. The average molecular weight is 389 g/mol. The van der Waals surface area contributed by atoms with Crippen molar-refractivity contribution in [2.24, 2.45) is 0 Å². The molecular weight excluding hydrogens is 366 g/mol. The summed E-state index contributed by atoms with van der Waals surface area (Å²) in [5, 5.41) is 2.46. The van der Waals surface area contributed by atoms with Crippen molar-refractivity contribution in [2.45, 2.75) is 65.3 Å². The molecule has 11 nitrogen and oxygen atoms in total. The lowest BCUT2D eigenvalue weighted by molar-refractivity contribution is -0.270. The third kappa shape index (κ3) is 7.21. The number of carbonyl (C=O) groups excluding carboxylic acids is 5. The number of hydrogen-bond donors (Lipinski definition) is 1. The number of esters is 4. The van der Waals surface area contributed by atoms with Gasteiger partial charge in [0.1, 0.15) is 18.8 Å². The van der Waals surface area contributed by atoms with Crippen LogP contribution in [0.1, 0.15) is 34.6 Å². The second-order valence-corrected chi connectivity index (χ2v) is 5.83. The highest BCUT2D eigenvalue weighted by molar-refractivity contribution is 5.74. The molecule has 1 fully saturated rings. The van der Waals surface area contributed by atoms with Crippen molar-refractivity contribution in [1.82, 2.24) is 5.32 Å². The van der Waals surface area contributed by atoms with Gasteiger partial charge in [-0.15, -0.1) is 0 Å². The van der Waals surface area contributed by atoms with Gasteiger partial charge in [0.05, 0.1) is 0 Å². The van der Waals surface area contributed by atoms with Gasteiger partial charge in [-0.05, 0) is 0 Å². The van der Waals surface area contributed by atoms with E-state index in [9.17, 15) is 24.0 Å². The quantitative estimate of drug-likeness (QED) is 0.453. The maximum atomic E-state index is 11.6. The largest absolute Gasteiger partial charge is 0.463 e. The van der Waals surface area contributed by atoms with Gasteiger partial charge in [-0.25, -0.2) is 0 Å². The fraction of sp³-hybridized carbons (Fsp3) is 0.688. The van der Waals surface area contributed by atoms with Crippen LogP contribution in [0.3, 0.4) is 0 Å². The van der Waals surface area contributed by atoms with Crippen LogP contribution in [0, 0.1) is 0 Å². The van der Waals surface area contributed by atoms with Gasteiger partial charge in [-0.1, -0.05) is 0 Å². The van der Waals surface area contributed by atoms with Crippen molar-refractivity contribution in [3.63, 3.8) is 0 Å². The van der Waals surface area contributed by atoms with Gasteiger partial charge in [-0.3, -0.25) is 24.0 Å². The van der Waals surface area contributed by atoms with Crippen LogP contribution in [-0.2, 0) is 47.7 Å². The van der Waals surface area contributed by atoms with Gasteiger partial charge in [0.15, 0.2) is 12.2 Å². The van der Waals surface area contributed by atoms with E-state index in [4.69, 9.17) is 23.7 Å². The Balaban J connectivity index is 3.29. The van der Waals surface area contributed by atoms with Crippen LogP contribution in [0.2, 0.25) is 0 Å². The predicted molar refractivity (Wildman–Crippen MR) is 85.8 cm³/mol. The van der Waals surface area contributed by atoms with E-state index < -0.39 is 60.4 Å². The molecule has 0 spiro atoms. The molecule has 152 valence electrons. The molecule has 0 bridgehead atoms. The molecule has 1 saturated heterocycles. The zero-order valence-corrected chi connectivity index (χ0v) is 15.7. The molecule has 1 amide bonds. The molecule has 11 heteroatoms. The third-order valence-corrected chi connectivity index (χ3v) is 3.35. The van der Waals surface area contributed by atoms with Crippen molar-refractivity contribution < 1.29 is 47.7 Å². The minimum atomic E-state index is -1.37. The molecule has 4 unspecified atom stereocenters. The molecule has 1 aliphatic rings. The van der Waals surface area contributed by atoms with E-state index in [0.29, 0.717) is 0 Å².